The lowest BCUT2D eigenvalue weighted by molar-refractivity contribution is -0.385. The van der Waals surface area contributed by atoms with Crippen LogP contribution >= 0.6 is 0 Å². The van der Waals surface area contributed by atoms with Crippen molar-refractivity contribution in [3.63, 3.8) is 0 Å². The number of hydrogen-bond acceptors (Lipinski definition) is 6. The predicted molar refractivity (Wildman–Crippen MR) is 80.3 cm³/mol. The minimum absolute atomic E-state index is 0.00541. The van der Waals surface area contributed by atoms with Crippen molar-refractivity contribution in [3.8, 4) is 0 Å². The Kier molecular flexibility index (Phi) is 5.66. The molecule has 1 aromatic heterocycles. The second-order valence-electron chi connectivity index (χ2n) is 5.02. The molecule has 1 N–H and O–H groups in total. The first-order chi connectivity index (χ1) is 9.40. The standard InChI is InChI=1S/C13H23N5O2/c1-6-14-13-15-10(5)11(18(19)20)12(16-13)17(7-2)8-9(3)4/h9H,6-8H2,1-5H3,(H,14,15,16). The lowest BCUT2D eigenvalue weighted by Gasteiger charge is -2.24. The smallest absolute Gasteiger partial charge is 0.332 e. The predicted octanol–water partition coefficient (Wildman–Crippen LogP) is 2.61. The number of rotatable bonds is 7. The van der Waals surface area contributed by atoms with E-state index in [0.29, 0.717) is 36.5 Å². The number of nitrogens with one attached hydrogen (secondary N) is 1. The Morgan fingerprint density at radius 1 is 1.35 bits per heavy atom. The Morgan fingerprint density at radius 3 is 2.45 bits per heavy atom. The molecule has 0 aliphatic heterocycles. The molecule has 7 nitrogen and oxygen atoms in total. The van der Waals surface area contributed by atoms with Gasteiger partial charge in [0.2, 0.25) is 11.8 Å². The van der Waals surface area contributed by atoms with E-state index in [1.54, 1.807) is 6.92 Å². The van der Waals surface area contributed by atoms with Gasteiger partial charge in [0.25, 0.3) is 0 Å². The van der Waals surface area contributed by atoms with E-state index in [1.807, 2.05) is 18.7 Å². The van der Waals surface area contributed by atoms with Crippen LogP contribution < -0.4 is 10.2 Å². The molecule has 0 aromatic carbocycles. The highest BCUT2D eigenvalue weighted by Crippen LogP contribution is 2.30. The zero-order chi connectivity index (χ0) is 15.3. The molecule has 7 heteroatoms. The molecular formula is C13H23N5O2. The summed E-state index contributed by atoms with van der Waals surface area (Å²) in [4.78, 5) is 21.3. The van der Waals surface area contributed by atoms with Crippen molar-refractivity contribution in [2.24, 2.45) is 5.92 Å². The van der Waals surface area contributed by atoms with E-state index >= 15 is 0 Å². The largest absolute Gasteiger partial charge is 0.354 e. The summed E-state index contributed by atoms with van der Waals surface area (Å²) in [5.74, 6) is 1.23. The third kappa shape index (κ3) is 3.79. The van der Waals surface area contributed by atoms with Gasteiger partial charge in [-0.3, -0.25) is 10.1 Å². The van der Waals surface area contributed by atoms with E-state index in [0.717, 1.165) is 6.54 Å². The first-order valence-corrected chi connectivity index (χ1v) is 6.92. The van der Waals surface area contributed by atoms with Crippen LogP contribution in [0.2, 0.25) is 0 Å². The van der Waals surface area contributed by atoms with Crippen molar-refractivity contribution in [2.75, 3.05) is 29.9 Å². The van der Waals surface area contributed by atoms with E-state index in [4.69, 9.17) is 0 Å². The van der Waals surface area contributed by atoms with E-state index in [9.17, 15) is 10.1 Å². The average Bonchev–Trinajstić information content (AvgIpc) is 2.34. The lowest BCUT2D eigenvalue weighted by Crippen LogP contribution is -2.29. The van der Waals surface area contributed by atoms with Gasteiger partial charge in [0.05, 0.1) is 4.92 Å². The lowest BCUT2D eigenvalue weighted by atomic mass is 10.2. The highest BCUT2D eigenvalue weighted by molar-refractivity contribution is 5.62. The van der Waals surface area contributed by atoms with Gasteiger partial charge in [-0.2, -0.15) is 4.98 Å². The third-order valence-electron chi connectivity index (χ3n) is 2.82. The molecule has 0 amide bonds. The number of aryl methyl sites for hydroxylation is 1. The van der Waals surface area contributed by atoms with Gasteiger partial charge in [0, 0.05) is 19.6 Å². The second-order valence-corrected chi connectivity index (χ2v) is 5.02. The van der Waals surface area contributed by atoms with Crippen LogP contribution in [0.1, 0.15) is 33.4 Å². The first kappa shape index (κ1) is 16.1. The zero-order valence-corrected chi connectivity index (χ0v) is 12.8. The van der Waals surface area contributed by atoms with E-state index in [1.165, 1.54) is 0 Å². The highest BCUT2D eigenvalue weighted by Gasteiger charge is 2.26. The number of nitrogens with zero attached hydrogens (tertiary/aromatic N) is 4. The highest BCUT2D eigenvalue weighted by atomic mass is 16.6. The molecular weight excluding hydrogens is 258 g/mol. The normalized spacial score (nSPS) is 10.7. The number of aromatic nitrogens is 2. The molecule has 1 heterocycles. The minimum Gasteiger partial charge on any atom is -0.354 e. The van der Waals surface area contributed by atoms with Crippen molar-refractivity contribution < 1.29 is 4.92 Å². The molecule has 20 heavy (non-hydrogen) atoms. The fourth-order valence-corrected chi connectivity index (χ4v) is 2.03. The summed E-state index contributed by atoms with van der Waals surface area (Å²) in [5.41, 5.74) is 0.382. The van der Waals surface area contributed by atoms with Crippen LogP contribution in [-0.2, 0) is 0 Å². The van der Waals surface area contributed by atoms with Crippen molar-refractivity contribution in [2.45, 2.75) is 34.6 Å². The summed E-state index contributed by atoms with van der Waals surface area (Å²) in [7, 11) is 0. The number of anilines is 2. The summed E-state index contributed by atoms with van der Waals surface area (Å²) in [6, 6.07) is 0. The Morgan fingerprint density at radius 2 is 2.00 bits per heavy atom. The molecule has 0 unspecified atom stereocenters. The van der Waals surface area contributed by atoms with Crippen LogP contribution in [0.5, 0.6) is 0 Å². The van der Waals surface area contributed by atoms with Crippen LogP contribution in [-0.4, -0.2) is 34.5 Å². The molecule has 0 atom stereocenters. The topological polar surface area (TPSA) is 84.2 Å². The fourth-order valence-electron chi connectivity index (χ4n) is 2.03. The summed E-state index contributed by atoms with van der Waals surface area (Å²) < 4.78 is 0. The average molecular weight is 281 g/mol. The van der Waals surface area contributed by atoms with Gasteiger partial charge >= 0.3 is 5.69 Å². The summed E-state index contributed by atoms with van der Waals surface area (Å²) >= 11 is 0. The Labute approximate surface area is 119 Å². The van der Waals surface area contributed by atoms with Gasteiger partial charge in [0.15, 0.2) is 0 Å². The van der Waals surface area contributed by atoms with E-state index < -0.39 is 4.92 Å². The maximum absolute atomic E-state index is 11.3. The van der Waals surface area contributed by atoms with E-state index in [2.05, 4.69) is 29.1 Å². The minimum atomic E-state index is -0.399. The molecule has 0 saturated carbocycles. The fraction of sp³-hybridized carbons (Fsp3) is 0.692. The Hall–Kier alpha value is -1.92. The van der Waals surface area contributed by atoms with Gasteiger partial charge in [-0.1, -0.05) is 13.8 Å². The maximum Gasteiger partial charge on any atom is 0.332 e. The quantitative estimate of drug-likeness (QED) is 0.611. The molecule has 0 saturated heterocycles. The zero-order valence-electron chi connectivity index (χ0n) is 12.8. The second kappa shape index (κ2) is 7.02. The summed E-state index contributed by atoms with van der Waals surface area (Å²) in [6.07, 6.45) is 0. The van der Waals surface area contributed by atoms with Gasteiger partial charge in [-0.05, 0) is 26.7 Å². The molecule has 0 aliphatic carbocycles. The Balaban J connectivity index is 3.34. The van der Waals surface area contributed by atoms with Crippen molar-refractivity contribution in [1.82, 2.24) is 9.97 Å². The van der Waals surface area contributed by atoms with Gasteiger partial charge in [-0.15, -0.1) is 0 Å². The molecule has 1 aromatic rings. The van der Waals surface area contributed by atoms with Crippen molar-refractivity contribution in [1.29, 1.82) is 0 Å². The third-order valence-corrected chi connectivity index (χ3v) is 2.82. The molecule has 0 radical (unpaired) electrons. The van der Waals surface area contributed by atoms with Gasteiger partial charge in [0.1, 0.15) is 5.69 Å². The van der Waals surface area contributed by atoms with Crippen LogP contribution in [0.15, 0.2) is 0 Å². The van der Waals surface area contributed by atoms with Crippen LogP contribution in [0.25, 0.3) is 0 Å². The monoisotopic (exact) mass is 281 g/mol. The van der Waals surface area contributed by atoms with E-state index in [-0.39, 0.29) is 5.69 Å². The number of nitro groups is 1. The van der Waals surface area contributed by atoms with Crippen LogP contribution in [0.3, 0.4) is 0 Å². The SMILES string of the molecule is CCNc1nc(C)c([N+](=O)[O-])c(N(CC)CC(C)C)n1. The van der Waals surface area contributed by atoms with Crippen LogP contribution in [0, 0.1) is 23.0 Å². The maximum atomic E-state index is 11.3. The first-order valence-electron chi connectivity index (χ1n) is 6.92. The van der Waals surface area contributed by atoms with Crippen LogP contribution in [0.4, 0.5) is 17.5 Å². The van der Waals surface area contributed by atoms with Gasteiger partial charge in [-0.25, -0.2) is 4.98 Å². The molecule has 112 valence electrons. The molecule has 0 spiro atoms. The van der Waals surface area contributed by atoms with Crippen molar-refractivity contribution >= 4 is 17.5 Å². The molecule has 0 bridgehead atoms. The summed E-state index contributed by atoms with van der Waals surface area (Å²) in [5, 5.41) is 14.3. The number of hydrogen-bond donors (Lipinski definition) is 1. The summed E-state index contributed by atoms with van der Waals surface area (Å²) in [6.45, 7) is 11.8. The molecule has 1 rings (SSSR count). The Bertz CT molecular complexity index is 476. The molecule has 0 fully saturated rings. The van der Waals surface area contributed by atoms with Crippen molar-refractivity contribution in [3.05, 3.63) is 15.8 Å². The molecule has 0 aliphatic rings. The van der Waals surface area contributed by atoms with Gasteiger partial charge < -0.3 is 10.2 Å².